The Kier molecular flexibility index (Phi) is 4.44. The number of hydrogen-bond donors (Lipinski definition) is 1. The van der Waals surface area contributed by atoms with Crippen LogP contribution in [0.4, 0.5) is 13.6 Å². The number of carbonyl (C=O) groups excluding carboxylic acids is 1. The number of carbonyl (C=O) groups is 1. The van der Waals surface area contributed by atoms with Crippen LogP contribution in [0.25, 0.3) is 0 Å². The van der Waals surface area contributed by atoms with Gasteiger partial charge in [0.2, 0.25) is 0 Å². The van der Waals surface area contributed by atoms with Crippen LogP contribution < -0.4 is 4.74 Å². The van der Waals surface area contributed by atoms with Gasteiger partial charge in [0.15, 0.2) is 0 Å². The van der Waals surface area contributed by atoms with Crippen LogP contribution in [0.15, 0.2) is 12.1 Å². The maximum absolute atomic E-state index is 12.8. The number of aromatic hydroxyl groups is 1. The van der Waals surface area contributed by atoms with Crippen molar-refractivity contribution in [3.05, 3.63) is 23.3 Å². The number of benzene rings is 1. The van der Waals surface area contributed by atoms with E-state index in [0.717, 1.165) is 6.07 Å². The van der Waals surface area contributed by atoms with Crippen molar-refractivity contribution >= 4 is 6.09 Å². The monoisotopic (exact) mass is 315 g/mol. The summed E-state index contributed by atoms with van der Waals surface area (Å²) in [4.78, 5) is 13.5. The fraction of sp³-hybridized carbons (Fsp3) is 0.533. The van der Waals surface area contributed by atoms with Gasteiger partial charge in [0.05, 0.1) is 18.7 Å². The highest BCUT2D eigenvalue weighted by molar-refractivity contribution is 5.69. The summed E-state index contributed by atoms with van der Waals surface area (Å²) in [5.74, 6) is -0.149. The minimum Gasteiger partial charge on any atom is -0.507 e. The Hall–Kier alpha value is -2.05. The van der Waals surface area contributed by atoms with Crippen LogP contribution in [0, 0.1) is 0 Å². The van der Waals surface area contributed by atoms with Gasteiger partial charge in [-0.1, -0.05) is 0 Å². The number of phenolic OH excluding ortho intramolecular Hbond substituents is 1. The Bertz CT molecular complexity index is 569. The summed E-state index contributed by atoms with van der Waals surface area (Å²) in [6, 6.07) is 2.18. The highest BCUT2D eigenvalue weighted by Gasteiger charge is 2.27. The van der Waals surface area contributed by atoms with Crippen molar-refractivity contribution < 1.29 is 28.2 Å². The quantitative estimate of drug-likeness (QED) is 0.862. The van der Waals surface area contributed by atoms with Crippen molar-refractivity contribution in [3.8, 4) is 11.5 Å². The third-order valence-corrected chi connectivity index (χ3v) is 3.08. The second-order valence-corrected chi connectivity index (χ2v) is 6.07. The fourth-order valence-corrected chi connectivity index (χ4v) is 2.08. The molecule has 0 atom stereocenters. The lowest BCUT2D eigenvalue weighted by atomic mass is 10.1. The number of halogens is 2. The van der Waals surface area contributed by atoms with Gasteiger partial charge in [0.1, 0.15) is 23.7 Å². The molecule has 1 aromatic carbocycles. The molecule has 0 saturated carbocycles. The first kappa shape index (κ1) is 16.3. The maximum atomic E-state index is 12.8. The zero-order valence-electron chi connectivity index (χ0n) is 12.7. The summed E-state index contributed by atoms with van der Waals surface area (Å²) in [5, 5.41) is 9.95. The normalized spacial score (nSPS) is 15.1. The summed E-state index contributed by atoms with van der Waals surface area (Å²) in [7, 11) is 0. The van der Waals surface area contributed by atoms with E-state index in [1.165, 1.54) is 11.0 Å². The maximum Gasteiger partial charge on any atom is 0.410 e. The zero-order chi connectivity index (χ0) is 16.5. The van der Waals surface area contributed by atoms with E-state index in [4.69, 9.17) is 9.47 Å². The molecular weight excluding hydrogens is 296 g/mol. The van der Waals surface area contributed by atoms with Crippen molar-refractivity contribution in [3.63, 3.8) is 0 Å². The molecule has 1 N–H and O–H groups in total. The van der Waals surface area contributed by atoms with Crippen LogP contribution in [0.2, 0.25) is 0 Å². The van der Waals surface area contributed by atoms with E-state index in [0.29, 0.717) is 5.56 Å². The molecule has 22 heavy (non-hydrogen) atoms. The summed E-state index contributed by atoms with van der Waals surface area (Å²) in [6.07, 6.45) is -3.24. The van der Waals surface area contributed by atoms with Crippen LogP contribution in [0.3, 0.4) is 0 Å². The minimum absolute atomic E-state index is 0.0413. The number of phenols is 1. The molecule has 0 unspecified atom stereocenters. The summed E-state index contributed by atoms with van der Waals surface area (Å²) in [5.41, 5.74) is -0.663. The van der Waals surface area contributed by atoms with E-state index < -0.39 is 18.1 Å². The second-order valence-electron chi connectivity index (χ2n) is 6.07. The Morgan fingerprint density at radius 2 is 2.09 bits per heavy atom. The average molecular weight is 315 g/mol. The molecule has 0 fully saturated rings. The third-order valence-electron chi connectivity index (χ3n) is 3.08. The van der Waals surface area contributed by atoms with Gasteiger partial charge in [-0.15, -0.1) is 0 Å². The second kappa shape index (κ2) is 5.98. The van der Waals surface area contributed by atoms with E-state index in [9.17, 15) is 18.7 Å². The Balaban J connectivity index is 2.25. The SMILES string of the molecule is CC(C)(C)OC(=O)N1CCOc2cc(C(F)F)cc(O)c2C1. The Labute approximate surface area is 127 Å². The van der Waals surface area contributed by atoms with Crippen molar-refractivity contribution in [2.75, 3.05) is 13.2 Å². The number of ether oxygens (including phenoxy) is 2. The van der Waals surface area contributed by atoms with Gasteiger partial charge in [-0.3, -0.25) is 0 Å². The number of amides is 1. The molecular formula is C15H19F2NO4. The molecule has 1 aliphatic rings. The van der Waals surface area contributed by atoms with Crippen molar-refractivity contribution in [1.29, 1.82) is 0 Å². The summed E-state index contributed by atoms with van der Waals surface area (Å²) < 4.78 is 36.2. The first-order valence-electron chi connectivity index (χ1n) is 6.92. The van der Waals surface area contributed by atoms with Gasteiger partial charge in [0.25, 0.3) is 6.43 Å². The van der Waals surface area contributed by atoms with Crippen molar-refractivity contribution in [2.24, 2.45) is 0 Å². The molecule has 0 spiro atoms. The number of nitrogens with zero attached hydrogens (tertiary/aromatic N) is 1. The predicted molar refractivity (Wildman–Crippen MR) is 75.2 cm³/mol. The lowest BCUT2D eigenvalue weighted by Crippen LogP contribution is -2.37. The van der Waals surface area contributed by atoms with Gasteiger partial charge in [-0.25, -0.2) is 13.6 Å². The fourth-order valence-electron chi connectivity index (χ4n) is 2.08. The molecule has 1 amide bonds. The van der Waals surface area contributed by atoms with E-state index >= 15 is 0 Å². The molecule has 0 aliphatic carbocycles. The largest absolute Gasteiger partial charge is 0.507 e. The Morgan fingerprint density at radius 3 is 2.68 bits per heavy atom. The van der Waals surface area contributed by atoms with Crippen molar-refractivity contribution in [1.82, 2.24) is 4.90 Å². The minimum atomic E-state index is -2.70. The smallest absolute Gasteiger partial charge is 0.410 e. The number of alkyl halides is 2. The van der Waals surface area contributed by atoms with Crippen LogP contribution in [0.1, 0.15) is 38.3 Å². The molecule has 7 heteroatoms. The average Bonchev–Trinajstić information content (AvgIpc) is 2.59. The van der Waals surface area contributed by atoms with Crippen LogP contribution in [-0.2, 0) is 11.3 Å². The van der Waals surface area contributed by atoms with Crippen LogP contribution in [0.5, 0.6) is 11.5 Å². The number of fused-ring (bicyclic) bond motifs is 1. The number of rotatable bonds is 1. The first-order chi connectivity index (χ1) is 10.2. The van der Waals surface area contributed by atoms with E-state index in [1.807, 2.05) is 0 Å². The van der Waals surface area contributed by atoms with E-state index in [2.05, 4.69) is 0 Å². The van der Waals surface area contributed by atoms with Crippen molar-refractivity contribution in [2.45, 2.75) is 39.3 Å². The van der Waals surface area contributed by atoms with Crippen LogP contribution >= 0.6 is 0 Å². The molecule has 2 rings (SSSR count). The zero-order valence-corrected chi connectivity index (χ0v) is 12.7. The lowest BCUT2D eigenvalue weighted by molar-refractivity contribution is 0.0225. The van der Waals surface area contributed by atoms with Gasteiger partial charge < -0.3 is 19.5 Å². The van der Waals surface area contributed by atoms with E-state index in [-0.39, 0.29) is 36.8 Å². The molecule has 0 aromatic heterocycles. The van der Waals surface area contributed by atoms with Gasteiger partial charge in [-0.05, 0) is 32.9 Å². The van der Waals surface area contributed by atoms with Gasteiger partial charge in [0, 0.05) is 5.56 Å². The summed E-state index contributed by atoms with van der Waals surface area (Å²) >= 11 is 0. The molecule has 5 nitrogen and oxygen atoms in total. The van der Waals surface area contributed by atoms with E-state index in [1.54, 1.807) is 20.8 Å². The molecule has 1 aromatic rings. The molecule has 1 aliphatic heterocycles. The van der Waals surface area contributed by atoms with Gasteiger partial charge in [-0.2, -0.15) is 0 Å². The van der Waals surface area contributed by atoms with Crippen LogP contribution in [-0.4, -0.2) is 34.9 Å². The molecule has 0 saturated heterocycles. The Morgan fingerprint density at radius 1 is 1.41 bits per heavy atom. The molecule has 1 heterocycles. The lowest BCUT2D eigenvalue weighted by Gasteiger charge is -2.26. The number of hydrogen-bond acceptors (Lipinski definition) is 4. The topological polar surface area (TPSA) is 59.0 Å². The highest BCUT2D eigenvalue weighted by atomic mass is 19.3. The van der Waals surface area contributed by atoms with Gasteiger partial charge >= 0.3 is 6.09 Å². The first-order valence-corrected chi connectivity index (χ1v) is 6.92. The molecule has 0 bridgehead atoms. The highest BCUT2D eigenvalue weighted by Crippen LogP contribution is 2.36. The molecule has 122 valence electrons. The summed E-state index contributed by atoms with van der Waals surface area (Å²) in [6.45, 7) is 5.67. The predicted octanol–water partition coefficient (Wildman–Crippen LogP) is 3.46. The molecule has 0 radical (unpaired) electrons. The standard InChI is InChI=1S/C15H19F2NO4/c1-15(2,3)22-14(20)18-4-5-21-12-7-9(13(16)17)6-11(19)10(12)8-18/h6-7,13,19H,4-5,8H2,1-3H3. The third kappa shape index (κ3) is 3.78.